The summed E-state index contributed by atoms with van der Waals surface area (Å²) in [5, 5.41) is 2.19. The monoisotopic (exact) mass is 807 g/mol. The minimum Gasteiger partial charge on any atom is -0.0919 e. The highest BCUT2D eigenvalue weighted by molar-refractivity contribution is 7.62. The van der Waals surface area contributed by atoms with Crippen LogP contribution in [0.25, 0.3) is 0 Å². The van der Waals surface area contributed by atoms with Gasteiger partial charge in [0.15, 0.2) is 0 Å². The molecule has 13 unspecified atom stereocenters. The van der Waals surface area contributed by atoms with Gasteiger partial charge in [-0.25, -0.2) is 0 Å². The molecule has 0 amide bonds. The van der Waals surface area contributed by atoms with Gasteiger partial charge < -0.3 is 0 Å². The lowest BCUT2D eigenvalue weighted by molar-refractivity contribution is -0.0915. The van der Waals surface area contributed by atoms with Crippen LogP contribution < -0.4 is 0 Å². The van der Waals surface area contributed by atoms with E-state index in [0.29, 0.717) is 42.3 Å². The van der Waals surface area contributed by atoms with Gasteiger partial charge in [-0.05, 0) is 254 Å². The molecule has 314 valence electrons. The molecule has 0 spiro atoms. The maximum absolute atomic E-state index is 3.03. The van der Waals surface area contributed by atoms with Gasteiger partial charge in [-0.1, -0.05) is 95.0 Å². The average molecular weight is 807 g/mol. The molecule has 17 aliphatic rings. The fourth-order valence-corrected chi connectivity index (χ4v) is 34.4. The van der Waals surface area contributed by atoms with E-state index in [4.69, 9.17) is 0 Å². The highest BCUT2D eigenvalue weighted by Gasteiger charge is 2.74. The lowest BCUT2D eigenvalue weighted by Gasteiger charge is -2.76. The molecule has 16 bridgehead atoms. The third-order valence-corrected chi connectivity index (χ3v) is 35.2. The molecular weight excluding hydrogens is 723 g/mol. The van der Waals surface area contributed by atoms with Crippen molar-refractivity contribution in [2.24, 2.45) is 98.6 Å². The van der Waals surface area contributed by atoms with E-state index in [0.717, 1.165) is 76.9 Å². The van der Waals surface area contributed by atoms with Crippen LogP contribution >= 0.6 is 15.8 Å². The lowest BCUT2D eigenvalue weighted by Crippen LogP contribution is -2.68. The Kier molecular flexibility index (Phi) is 7.78. The molecule has 0 nitrogen and oxygen atoms in total. The van der Waals surface area contributed by atoms with Crippen LogP contribution in [0.3, 0.4) is 0 Å². The zero-order valence-corrected chi connectivity index (χ0v) is 40.0. The summed E-state index contributed by atoms with van der Waals surface area (Å²) in [6, 6.07) is 0. The van der Waals surface area contributed by atoms with E-state index < -0.39 is 0 Å². The fraction of sp³-hybridized carbons (Fsp3) is 0.927. The molecule has 0 aromatic rings. The molecule has 0 aromatic carbocycles. The molecule has 17 rings (SSSR count). The van der Waals surface area contributed by atoms with Crippen molar-refractivity contribution in [3.8, 4) is 0 Å². The molecule has 0 saturated heterocycles. The molecule has 0 aliphatic heterocycles. The molecule has 16 fully saturated rings. The molecule has 2 heteroatoms. The second kappa shape index (κ2) is 11.7. The molecule has 57 heavy (non-hydrogen) atoms. The molecule has 16 saturated carbocycles. The minimum absolute atomic E-state index is 0.164. The summed E-state index contributed by atoms with van der Waals surface area (Å²) >= 11 is 0. The van der Waals surface area contributed by atoms with Crippen molar-refractivity contribution in [2.75, 3.05) is 12.3 Å². The number of rotatable bonds is 8. The Bertz CT molecular complexity index is 1620. The van der Waals surface area contributed by atoms with Gasteiger partial charge in [0.1, 0.15) is 0 Å². The van der Waals surface area contributed by atoms with Gasteiger partial charge in [-0.15, -0.1) is 0 Å². The van der Waals surface area contributed by atoms with Gasteiger partial charge >= 0.3 is 0 Å². The van der Waals surface area contributed by atoms with Gasteiger partial charge in [0.05, 0.1) is 0 Å². The Morgan fingerprint density at radius 3 is 0.965 bits per heavy atom. The summed E-state index contributed by atoms with van der Waals surface area (Å²) in [5.41, 5.74) is 4.28. The second-order valence-corrected chi connectivity index (χ2v) is 34.0. The van der Waals surface area contributed by atoms with Crippen molar-refractivity contribution in [3.63, 3.8) is 0 Å². The predicted molar refractivity (Wildman–Crippen MR) is 245 cm³/mol. The maximum Gasteiger partial charge on any atom is 0.00262 e. The highest BCUT2D eigenvalue weighted by atomic mass is 31.1. The Morgan fingerprint density at radius 2 is 0.684 bits per heavy atom. The number of hydrogen-bond donors (Lipinski definition) is 0. The molecule has 0 radical (unpaired) electrons. The van der Waals surface area contributed by atoms with Crippen LogP contribution in [0, 0.1) is 98.6 Å². The summed E-state index contributed by atoms with van der Waals surface area (Å²) in [6.07, 6.45) is 43.1. The molecule has 17 aliphatic carbocycles. The maximum atomic E-state index is 3.03. The first-order valence-corrected chi connectivity index (χ1v) is 29.0. The van der Waals surface area contributed by atoms with Crippen LogP contribution in [0.2, 0.25) is 0 Å². The quantitative estimate of drug-likeness (QED) is 0.214. The normalized spacial score (nSPS) is 64.2. The van der Waals surface area contributed by atoms with Gasteiger partial charge in [0, 0.05) is 5.92 Å². The largest absolute Gasteiger partial charge is 0.0919 e. The van der Waals surface area contributed by atoms with Gasteiger partial charge in [-0.2, -0.15) is 0 Å². The van der Waals surface area contributed by atoms with E-state index in [1.54, 1.807) is 135 Å². The topological polar surface area (TPSA) is 0 Å². The molecule has 0 N–H and O–H groups in total. The lowest BCUT2D eigenvalue weighted by atomic mass is 9.45. The van der Waals surface area contributed by atoms with Crippen molar-refractivity contribution in [2.45, 2.75) is 204 Å². The summed E-state index contributed by atoms with van der Waals surface area (Å²) in [7, 11) is -0.343. The van der Waals surface area contributed by atoms with E-state index in [1.165, 1.54) is 6.16 Å². The highest BCUT2D eigenvalue weighted by Crippen LogP contribution is 2.87. The molecule has 0 heterocycles. The van der Waals surface area contributed by atoms with Crippen LogP contribution in [-0.4, -0.2) is 32.9 Å². The molecular formula is C55H84P2. The van der Waals surface area contributed by atoms with E-state index in [1.807, 2.05) is 5.57 Å². The standard InChI is InChI=1S/C55H84P2/c1-48-24-34-12-35(25-48)17-44(16-34)52(48,5)56(53(6)45-18-36-13-37(19-45)27-49(53,2)26-36)32-42-10-9-11-43(42)33-57(54(7)46-20-38-14-39(21-46)29-50(54,3)28-38)55(8)47-22-40-15-41(23-47)31-51(55,4)30-40/h9-11,34-42,44-47H,12-33H2,1-8H3. The van der Waals surface area contributed by atoms with Crippen molar-refractivity contribution in [1.82, 2.24) is 0 Å². The van der Waals surface area contributed by atoms with Crippen LogP contribution in [-0.2, 0) is 0 Å². The summed E-state index contributed by atoms with van der Waals surface area (Å²) in [4.78, 5) is 0. The number of hydrogen-bond acceptors (Lipinski definition) is 0. The predicted octanol–water partition coefficient (Wildman–Crippen LogP) is 15.5. The van der Waals surface area contributed by atoms with Crippen molar-refractivity contribution >= 4 is 15.8 Å². The van der Waals surface area contributed by atoms with E-state index in [-0.39, 0.29) is 15.8 Å². The van der Waals surface area contributed by atoms with Crippen LogP contribution in [0.4, 0.5) is 0 Å². The zero-order valence-electron chi connectivity index (χ0n) is 38.2. The van der Waals surface area contributed by atoms with Crippen LogP contribution in [0.5, 0.6) is 0 Å². The Balaban J connectivity index is 0.913. The van der Waals surface area contributed by atoms with Gasteiger partial charge in [0.25, 0.3) is 0 Å². The SMILES string of the molecule is CC12CC3CC(CC(C3)C1(C)P(CC1=CC=CC1CP(C1(C)C3CC4CC(C3)CC1(C)C4)C1(C)C3CC4CC(C3)CC1(C)C4)C1(C)C3CC4CC(C3)CC1(C)C4)C2. The first kappa shape index (κ1) is 37.9. The van der Waals surface area contributed by atoms with E-state index in [9.17, 15) is 0 Å². The summed E-state index contributed by atoms with van der Waals surface area (Å²) < 4.78 is 0. The Hall–Kier alpha value is 0.340. The first-order valence-electron chi connectivity index (χ1n) is 25.9. The average Bonchev–Trinajstić information content (AvgIpc) is 3.57. The van der Waals surface area contributed by atoms with Crippen molar-refractivity contribution in [1.29, 1.82) is 0 Å². The summed E-state index contributed by atoms with van der Waals surface area (Å²) in [5.74, 6) is 13.1. The zero-order chi connectivity index (χ0) is 38.9. The van der Waals surface area contributed by atoms with E-state index in [2.05, 4.69) is 73.6 Å². The minimum atomic E-state index is -0.180. The van der Waals surface area contributed by atoms with Gasteiger partial charge in [-0.3, -0.25) is 0 Å². The smallest absolute Gasteiger partial charge is 0.00262 e. The Labute approximate surface area is 353 Å². The van der Waals surface area contributed by atoms with Crippen LogP contribution in [0.15, 0.2) is 23.8 Å². The third-order valence-electron chi connectivity index (χ3n) is 25.7. The van der Waals surface area contributed by atoms with Gasteiger partial charge in [0.2, 0.25) is 0 Å². The molecule has 0 aromatic heterocycles. The Morgan fingerprint density at radius 1 is 0.404 bits per heavy atom. The van der Waals surface area contributed by atoms with E-state index >= 15 is 0 Å². The first-order chi connectivity index (χ1) is 27.0. The number of allylic oxidation sites excluding steroid dienone is 4. The van der Waals surface area contributed by atoms with Crippen molar-refractivity contribution < 1.29 is 0 Å². The van der Waals surface area contributed by atoms with Crippen LogP contribution in [0.1, 0.15) is 184 Å². The summed E-state index contributed by atoms with van der Waals surface area (Å²) in [6.45, 7) is 23.8. The second-order valence-electron chi connectivity index (χ2n) is 27.9. The fourth-order valence-electron chi connectivity index (χ4n) is 23.6. The van der Waals surface area contributed by atoms with Crippen molar-refractivity contribution in [3.05, 3.63) is 23.8 Å². The molecule has 13 atom stereocenters. The third kappa shape index (κ3) is 4.59.